The van der Waals surface area contributed by atoms with Crippen molar-refractivity contribution in [3.8, 4) is 0 Å². The molecule has 2 N–H and O–H groups in total. The van der Waals surface area contributed by atoms with Crippen LogP contribution in [0.25, 0.3) is 0 Å². The second-order valence-corrected chi connectivity index (χ2v) is 5.22. The summed E-state index contributed by atoms with van der Waals surface area (Å²) in [6.45, 7) is 4.71. The van der Waals surface area contributed by atoms with Gasteiger partial charge in [0.1, 0.15) is 5.60 Å². The number of ether oxygens (including phenoxy) is 1. The van der Waals surface area contributed by atoms with Gasteiger partial charge in [-0.2, -0.15) is 13.2 Å². The van der Waals surface area contributed by atoms with Crippen LogP contribution < -0.4 is 5.46 Å². The van der Waals surface area contributed by atoms with Gasteiger partial charge in [-0.05, 0) is 38.4 Å². The van der Waals surface area contributed by atoms with E-state index in [1.54, 1.807) is 20.8 Å². The molecule has 0 bridgehead atoms. The van der Waals surface area contributed by atoms with Crippen LogP contribution >= 0.6 is 0 Å². The summed E-state index contributed by atoms with van der Waals surface area (Å²) in [5.74, 6) is -0.967. The minimum atomic E-state index is -4.71. The van der Waals surface area contributed by atoms with Crippen molar-refractivity contribution in [2.75, 3.05) is 0 Å². The number of rotatable bonds is 2. The fourth-order valence-corrected chi connectivity index (χ4v) is 1.42. The first-order valence-corrected chi connectivity index (χ1v) is 5.72. The molecule has 4 nitrogen and oxygen atoms in total. The Kier molecular flexibility index (Phi) is 4.50. The molecule has 0 radical (unpaired) electrons. The minimum absolute atomic E-state index is 0.391. The highest BCUT2D eigenvalue weighted by atomic mass is 19.4. The number of hydrogen-bond donors (Lipinski definition) is 2. The van der Waals surface area contributed by atoms with Crippen molar-refractivity contribution < 1.29 is 32.8 Å². The number of alkyl halides is 3. The van der Waals surface area contributed by atoms with Crippen LogP contribution in [0.5, 0.6) is 0 Å². The fraction of sp³-hybridized carbons (Fsp3) is 0.417. The third kappa shape index (κ3) is 4.54. The van der Waals surface area contributed by atoms with Gasteiger partial charge in [0.05, 0.1) is 11.1 Å². The zero-order chi connectivity index (χ0) is 15.7. The molecule has 0 fully saturated rings. The molecule has 0 amide bonds. The van der Waals surface area contributed by atoms with Crippen LogP contribution in [0.4, 0.5) is 13.2 Å². The van der Waals surface area contributed by atoms with E-state index in [1.165, 1.54) is 0 Å². The average molecular weight is 290 g/mol. The molecule has 1 aromatic carbocycles. The van der Waals surface area contributed by atoms with E-state index < -0.39 is 41.5 Å². The molecule has 0 aliphatic carbocycles. The Hall–Kier alpha value is -1.54. The first-order valence-electron chi connectivity index (χ1n) is 5.72. The Balaban J connectivity index is 3.26. The zero-order valence-corrected chi connectivity index (χ0v) is 11.2. The molecule has 1 rings (SSSR count). The maximum absolute atomic E-state index is 12.7. The van der Waals surface area contributed by atoms with E-state index in [0.29, 0.717) is 12.1 Å². The SMILES string of the molecule is CC(C)(C)OC(=O)c1cc(B(O)O)cc(C(F)(F)F)c1. The Morgan fingerprint density at radius 1 is 1.15 bits per heavy atom. The van der Waals surface area contributed by atoms with E-state index in [-0.39, 0.29) is 0 Å². The number of benzene rings is 1. The third-order valence-corrected chi connectivity index (χ3v) is 2.22. The first-order chi connectivity index (χ1) is 8.90. The minimum Gasteiger partial charge on any atom is -0.456 e. The molecule has 0 saturated carbocycles. The van der Waals surface area contributed by atoms with E-state index in [1.807, 2.05) is 0 Å². The van der Waals surface area contributed by atoms with Gasteiger partial charge in [0, 0.05) is 0 Å². The summed E-state index contributed by atoms with van der Waals surface area (Å²) < 4.78 is 43.0. The summed E-state index contributed by atoms with van der Waals surface area (Å²) in [5.41, 5.74) is -2.84. The van der Waals surface area contributed by atoms with E-state index >= 15 is 0 Å². The van der Waals surface area contributed by atoms with Crippen molar-refractivity contribution in [2.24, 2.45) is 0 Å². The fourth-order valence-electron chi connectivity index (χ4n) is 1.42. The van der Waals surface area contributed by atoms with Crippen LogP contribution in [-0.4, -0.2) is 28.7 Å². The lowest BCUT2D eigenvalue weighted by Crippen LogP contribution is -2.32. The van der Waals surface area contributed by atoms with Gasteiger partial charge in [-0.25, -0.2) is 4.79 Å². The van der Waals surface area contributed by atoms with Crippen molar-refractivity contribution >= 4 is 18.6 Å². The van der Waals surface area contributed by atoms with Gasteiger partial charge in [0.25, 0.3) is 0 Å². The zero-order valence-electron chi connectivity index (χ0n) is 11.2. The lowest BCUT2D eigenvalue weighted by atomic mass is 9.78. The van der Waals surface area contributed by atoms with Crippen molar-refractivity contribution in [1.29, 1.82) is 0 Å². The second kappa shape index (κ2) is 5.45. The van der Waals surface area contributed by atoms with Crippen LogP contribution in [0.1, 0.15) is 36.7 Å². The van der Waals surface area contributed by atoms with Crippen molar-refractivity contribution in [1.82, 2.24) is 0 Å². The summed E-state index contributed by atoms with van der Waals surface area (Å²) in [6, 6.07) is 2.13. The summed E-state index contributed by atoms with van der Waals surface area (Å²) in [6.07, 6.45) is -4.71. The molecule has 0 atom stereocenters. The predicted molar refractivity (Wildman–Crippen MR) is 66.4 cm³/mol. The van der Waals surface area contributed by atoms with Gasteiger partial charge >= 0.3 is 19.3 Å². The summed E-state index contributed by atoms with van der Waals surface area (Å²) >= 11 is 0. The average Bonchev–Trinajstić information content (AvgIpc) is 2.24. The summed E-state index contributed by atoms with van der Waals surface area (Å²) in [7, 11) is -2.11. The second-order valence-electron chi connectivity index (χ2n) is 5.22. The topological polar surface area (TPSA) is 66.8 Å². The normalized spacial score (nSPS) is 12.2. The van der Waals surface area contributed by atoms with Gasteiger partial charge in [0.15, 0.2) is 0 Å². The van der Waals surface area contributed by atoms with E-state index in [2.05, 4.69) is 0 Å². The van der Waals surface area contributed by atoms with Crippen molar-refractivity contribution in [2.45, 2.75) is 32.5 Å². The van der Waals surface area contributed by atoms with Crippen LogP contribution in [-0.2, 0) is 10.9 Å². The Morgan fingerprint density at radius 3 is 2.10 bits per heavy atom. The molecule has 0 unspecified atom stereocenters. The van der Waals surface area contributed by atoms with E-state index in [0.717, 1.165) is 6.07 Å². The number of carbonyl (C=O) groups excluding carboxylic acids is 1. The highest BCUT2D eigenvalue weighted by Crippen LogP contribution is 2.29. The molecule has 110 valence electrons. The molecule has 0 saturated heterocycles. The molecular formula is C12H14BF3O4. The maximum atomic E-state index is 12.7. The third-order valence-electron chi connectivity index (χ3n) is 2.22. The Labute approximate surface area is 114 Å². The molecule has 1 aromatic rings. The van der Waals surface area contributed by atoms with Gasteiger partial charge < -0.3 is 14.8 Å². The number of carbonyl (C=O) groups is 1. The summed E-state index contributed by atoms with van der Waals surface area (Å²) in [5, 5.41) is 18.0. The lowest BCUT2D eigenvalue weighted by molar-refractivity contribution is -0.137. The Morgan fingerprint density at radius 2 is 1.70 bits per heavy atom. The van der Waals surface area contributed by atoms with Gasteiger partial charge in [-0.15, -0.1) is 0 Å². The molecule has 20 heavy (non-hydrogen) atoms. The molecule has 0 aliphatic heterocycles. The number of esters is 1. The van der Waals surface area contributed by atoms with Crippen LogP contribution in [0.15, 0.2) is 18.2 Å². The maximum Gasteiger partial charge on any atom is 0.488 e. The lowest BCUT2D eigenvalue weighted by Gasteiger charge is -2.20. The molecule has 0 heterocycles. The quantitative estimate of drug-likeness (QED) is 0.637. The summed E-state index contributed by atoms with van der Waals surface area (Å²) in [4.78, 5) is 11.8. The van der Waals surface area contributed by atoms with Crippen LogP contribution in [0, 0.1) is 0 Å². The molecule has 8 heteroatoms. The smallest absolute Gasteiger partial charge is 0.456 e. The Bertz CT molecular complexity index is 506. The molecular weight excluding hydrogens is 276 g/mol. The van der Waals surface area contributed by atoms with Gasteiger partial charge in [-0.3, -0.25) is 0 Å². The van der Waals surface area contributed by atoms with Gasteiger partial charge in [-0.1, -0.05) is 6.07 Å². The van der Waals surface area contributed by atoms with Crippen molar-refractivity contribution in [3.05, 3.63) is 29.3 Å². The van der Waals surface area contributed by atoms with E-state index in [9.17, 15) is 18.0 Å². The number of hydrogen-bond acceptors (Lipinski definition) is 4. The van der Waals surface area contributed by atoms with Gasteiger partial charge in [0.2, 0.25) is 0 Å². The standard InChI is InChI=1S/C12H14BF3O4/c1-11(2,3)20-10(17)7-4-8(12(14,15)16)6-9(5-7)13(18)19/h4-6,18-19H,1-3H3. The number of halogens is 3. The highest BCUT2D eigenvalue weighted by Gasteiger charge is 2.33. The van der Waals surface area contributed by atoms with E-state index in [4.69, 9.17) is 14.8 Å². The van der Waals surface area contributed by atoms with Crippen LogP contribution in [0.2, 0.25) is 0 Å². The van der Waals surface area contributed by atoms with Crippen molar-refractivity contribution in [3.63, 3.8) is 0 Å². The molecule has 0 aromatic heterocycles. The van der Waals surface area contributed by atoms with Crippen LogP contribution in [0.3, 0.4) is 0 Å². The monoisotopic (exact) mass is 290 g/mol. The molecule has 0 spiro atoms. The largest absolute Gasteiger partial charge is 0.488 e. The first kappa shape index (κ1) is 16.5. The highest BCUT2D eigenvalue weighted by molar-refractivity contribution is 6.58. The predicted octanol–water partition coefficient (Wildman–Crippen LogP) is 1.34. The molecule has 0 aliphatic rings.